The standard InChI is InChI=1S/C15H22N2O2/c1-11-9-13(7-8-19-11)17-15(18)14(16)10-12-5-3-2-4-6-12/h2-6,11,13-14H,7-10,16H2,1H3,(H,17,18)/t11?,13?,14-/m0/s1. The van der Waals surface area contributed by atoms with Crippen LogP contribution >= 0.6 is 0 Å². The van der Waals surface area contributed by atoms with E-state index in [2.05, 4.69) is 5.32 Å². The summed E-state index contributed by atoms with van der Waals surface area (Å²) in [6.07, 6.45) is 2.52. The van der Waals surface area contributed by atoms with Gasteiger partial charge >= 0.3 is 0 Å². The molecule has 2 rings (SSSR count). The number of ether oxygens (including phenoxy) is 1. The van der Waals surface area contributed by atoms with E-state index in [1.807, 2.05) is 37.3 Å². The summed E-state index contributed by atoms with van der Waals surface area (Å²) < 4.78 is 5.46. The van der Waals surface area contributed by atoms with Gasteiger partial charge in [-0.15, -0.1) is 0 Å². The molecule has 0 bridgehead atoms. The van der Waals surface area contributed by atoms with Crippen LogP contribution in [0.25, 0.3) is 0 Å². The third-order valence-corrected chi connectivity index (χ3v) is 3.47. The van der Waals surface area contributed by atoms with Gasteiger partial charge in [0.05, 0.1) is 12.1 Å². The van der Waals surface area contributed by atoms with E-state index in [-0.39, 0.29) is 18.1 Å². The molecule has 0 spiro atoms. The maximum Gasteiger partial charge on any atom is 0.237 e. The second kappa shape index (κ2) is 6.68. The molecule has 0 radical (unpaired) electrons. The summed E-state index contributed by atoms with van der Waals surface area (Å²) in [7, 11) is 0. The monoisotopic (exact) mass is 262 g/mol. The van der Waals surface area contributed by atoms with Crippen LogP contribution in [0.15, 0.2) is 30.3 Å². The number of hydrogen-bond donors (Lipinski definition) is 2. The molecule has 1 amide bonds. The van der Waals surface area contributed by atoms with Crippen molar-refractivity contribution in [3.05, 3.63) is 35.9 Å². The number of carbonyl (C=O) groups excluding carboxylic acids is 1. The van der Waals surface area contributed by atoms with Crippen LogP contribution in [-0.2, 0) is 16.0 Å². The lowest BCUT2D eigenvalue weighted by molar-refractivity contribution is -0.124. The second-order valence-electron chi connectivity index (χ2n) is 5.21. The average Bonchev–Trinajstić information content (AvgIpc) is 2.40. The molecule has 4 nitrogen and oxygen atoms in total. The summed E-state index contributed by atoms with van der Waals surface area (Å²) >= 11 is 0. The lowest BCUT2D eigenvalue weighted by atomic mass is 10.0. The summed E-state index contributed by atoms with van der Waals surface area (Å²) in [6, 6.07) is 9.56. The molecule has 4 heteroatoms. The first-order valence-corrected chi connectivity index (χ1v) is 6.86. The Bertz CT molecular complexity index is 408. The Morgan fingerprint density at radius 2 is 2.21 bits per heavy atom. The quantitative estimate of drug-likeness (QED) is 0.858. The van der Waals surface area contributed by atoms with Crippen molar-refractivity contribution in [1.29, 1.82) is 0 Å². The minimum atomic E-state index is -0.486. The van der Waals surface area contributed by atoms with Gasteiger partial charge in [0.2, 0.25) is 5.91 Å². The van der Waals surface area contributed by atoms with E-state index in [9.17, 15) is 4.79 Å². The number of nitrogens with one attached hydrogen (secondary N) is 1. The summed E-state index contributed by atoms with van der Waals surface area (Å²) in [5, 5.41) is 3.03. The van der Waals surface area contributed by atoms with Gasteiger partial charge in [-0.2, -0.15) is 0 Å². The molecule has 1 aliphatic heterocycles. The van der Waals surface area contributed by atoms with Gasteiger partial charge in [0.15, 0.2) is 0 Å². The van der Waals surface area contributed by atoms with Gasteiger partial charge < -0.3 is 15.8 Å². The van der Waals surface area contributed by atoms with Gasteiger partial charge in [0.1, 0.15) is 0 Å². The smallest absolute Gasteiger partial charge is 0.237 e. The fourth-order valence-electron chi connectivity index (χ4n) is 2.40. The van der Waals surface area contributed by atoms with E-state index < -0.39 is 6.04 Å². The van der Waals surface area contributed by atoms with Crippen LogP contribution in [0.5, 0.6) is 0 Å². The van der Waals surface area contributed by atoms with Crippen molar-refractivity contribution >= 4 is 5.91 Å². The number of hydrogen-bond acceptors (Lipinski definition) is 3. The number of benzene rings is 1. The molecule has 3 atom stereocenters. The first-order chi connectivity index (χ1) is 9.15. The summed E-state index contributed by atoms with van der Waals surface area (Å²) in [4.78, 5) is 12.0. The third-order valence-electron chi connectivity index (χ3n) is 3.47. The van der Waals surface area contributed by atoms with Crippen molar-refractivity contribution in [2.24, 2.45) is 5.73 Å². The van der Waals surface area contributed by atoms with Crippen molar-refractivity contribution < 1.29 is 9.53 Å². The zero-order chi connectivity index (χ0) is 13.7. The molecule has 0 saturated carbocycles. The molecule has 0 aromatic heterocycles. The van der Waals surface area contributed by atoms with Crippen LogP contribution < -0.4 is 11.1 Å². The minimum Gasteiger partial charge on any atom is -0.378 e. The topological polar surface area (TPSA) is 64.4 Å². The Hall–Kier alpha value is -1.39. The van der Waals surface area contributed by atoms with Gasteiger partial charge in [-0.1, -0.05) is 30.3 Å². The van der Waals surface area contributed by atoms with Gasteiger partial charge in [0.25, 0.3) is 0 Å². The van der Waals surface area contributed by atoms with Crippen LogP contribution in [0.2, 0.25) is 0 Å². The van der Waals surface area contributed by atoms with Crippen molar-refractivity contribution in [2.75, 3.05) is 6.61 Å². The van der Waals surface area contributed by atoms with E-state index in [0.717, 1.165) is 18.4 Å². The molecule has 1 fully saturated rings. The molecule has 2 unspecified atom stereocenters. The first kappa shape index (κ1) is 14.0. The van der Waals surface area contributed by atoms with Gasteiger partial charge in [0, 0.05) is 12.6 Å². The van der Waals surface area contributed by atoms with Gasteiger partial charge in [-0.25, -0.2) is 0 Å². The maximum absolute atomic E-state index is 12.0. The molecule has 1 aromatic rings. The second-order valence-corrected chi connectivity index (χ2v) is 5.21. The highest BCUT2D eigenvalue weighted by Crippen LogP contribution is 2.13. The summed E-state index contributed by atoms with van der Waals surface area (Å²) in [5.41, 5.74) is 7.05. The van der Waals surface area contributed by atoms with Crippen LogP contribution in [0.3, 0.4) is 0 Å². The van der Waals surface area contributed by atoms with E-state index in [0.29, 0.717) is 13.0 Å². The Balaban J connectivity index is 1.82. The Kier molecular flexibility index (Phi) is 4.93. The molecule has 19 heavy (non-hydrogen) atoms. The van der Waals surface area contributed by atoms with Crippen molar-refractivity contribution in [3.8, 4) is 0 Å². The lowest BCUT2D eigenvalue weighted by Crippen LogP contribution is -2.48. The highest BCUT2D eigenvalue weighted by molar-refractivity contribution is 5.82. The molecule has 1 aromatic carbocycles. The minimum absolute atomic E-state index is 0.0667. The molecular weight excluding hydrogens is 240 g/mol. The number of nitrogens with two attached hydrogens (primary N) is 1. The van der Waals surface area contributed by atoms with E-state index in [1.165, 1.54) is 0 Å². The lowest BCUT2D eigenvalue weighted by Gasteiger charge is -2.28. The first-order valence-electron chi connectivity index (χ1n) is 6.86. The molecule has 104 valence electrons. The van der Waals surface area contributed by atoms with E-state index in [1.54, 1.807) is 0 Å². The Morgan fingerprint density at radius 1 is 1.47 bits per heavy atom. The maximum atomic E-state index is 12.0. The predicted molar refractivity (Wildman–Crippen MR) is 74.7 cm³/mol. The summed E-state index contributed by atoms with van der Waals surface area (Å²) in [5.74, 6) is -0.0667. The zero-order valence-electron chi connectivity index (χ0n) is 11.3. The van der Waals surface area contributed by atoms with Crippen molar-refractivity contribution in [1.82, 2.24) is 5.32 Å². The molecule has 0 aliphatic carbocycles. The average molecular weight is 262 g/mol. The molecule has 1 heterocycles. The molecule has 1 saturated heterocycles. The summed E-state index contributed by atoms with van der Waals surface area (Å²) in [6.45, 7) is 2.74. The number of amides is 1. The SMILES string of the molecule is CC1CC(NC(=O)[C@@H](N)Cc2ccccc2)CCO1. The van der Waals surface area contributed by atoms with E-state index in [4.69, 9.17) is 10.5 Å². The van der Waals surface area contributed by atoms with E-state index >= 15 is 0 Å². The van der Waals surface area contributed by atoms with Crippen LogP contribution in [0.4, 0.5) is 0 Å². The van der Waals surface area contributed by atoms with Crippen molar-refractivity contribution in [2.45, 2.75) is 44.4 Å². The van der Waals surface area contributed by atoms with Crippen molar-refractivity contribution in [3.63, 3.8) is 0 Å². The van der Waals surface area contributed by atoms with Crippen LogP contribution in [-0.4, -0.2) is 30.7 Å². The molecular formula is C15H22N2O2. The van der Waals surface area contributed by atoms with Gasteiger partial charge in [-0.3, -0.25) is 4.79 Å². The Morgan fingerprint density at radius 3 is 2.89 bits per heavy atom. The van der Waals surface area contributed by atoms with Crippen LogP contribution in [0.1, 0.15) is 25.3 Å². The fourth-order valence-corrected chi connectivity index (χ4v) is 2.40. The number of carbonyl (C=O) groups is 1. The highest BCUT2D eigenvalue weighted by Gasteiger charge is 2.23. The third kappa shape index (κ3) is 4.33. The molecule has 3 N–H and O–H groups in total. The highest BCUT2D eigenvalue weighted by atomic mass is 16.5. The van der Waals surface area contributed by atoms with Gasteiger partial charge in [-0.05, 0) is 31.7 Å². The van der Waals surface area contributed by atoms with Crippen LogP contribution in [0, 0.1) is 0 Å². The fraction of sp³-hybridized carbons (Fsp3) is 0.533. The Labute approximate surface area is 114 Å². The largest absolute Gasteiger partial charge is 0.378 e. The number of rotatable bonds is 4. The zero-order valence-corrected chi connectivity index (χ0v) is 11.3. The normalized spacial score (nSPS) is 24.7. The molecule has 1 aliphatic rings. The predicted octanol–water partition coefficient (Wildman–Crippen LogP) is 1.24.